The predicted molar refractivity (Wildman–Crippen MR) is 97.2 cm³/mol. The van der Waals surface area contributed by atoms with E-state index in [1.807, 2.05) is 0 Å². The van der Waals surface area contributed by atoms with Crippen molar-refractivity contribution >= 4 is 39.7 Å². The first-order valence-corrected chi connectivity index (χ1v) is 9.24. The monoisotopic (exact) mass is 377 g/mol. The lowest BCUT2D eigenvalue weighted by Crippen LogP contribution is -2.51. The van der Waals surface area contributed by atoms with Gasteiger partial charge in [-0.05, 0) is 57.1 Å². The van der Waals surface area contributed by atoms with Crippen molar-refractivity contribution in [2.45, 2.75) is 25.4 Å². The topological polar surface area (TPSA) is 96.5 Å². The molecule has 1 aromatic rings. The highest BCUT2D eigenvalue weighted by atomic mass is 35.5. The van der Waals surface area contributed by atoms with Crippen LogP contribution in [0, 0.1) is 0 Å². The van der Waals surface area contributed by atoms with Crippen molar-refractivity contribution in [3.63, 3.8) is 0 Å². The van der Waals surface area contributed by atoms with Gasteiger partial charge in [0.2, 0.25) is 10.0 Å². The molecule has 0 atom stereocenters. The summed E-state index contributed by atoms with van der Waals surface area (Å²) in [6, 6.07) is 6.56. The Hall–Kier alpha value is -1.35. The van der Waals surface area contributed by atoms with Crippen molar-refractivity contribution in [3.8, 4) is 0 Å². The number of sulfonamides is 1. The molecule has 1 heterocycles. The van der Waals surface area contributed by atoms with Gasteiger partial charge in [-0.3, -0.25) is 9.52 Å². The molecular weight excluding hydrogens is 354 g/mol. The number of piperidine rings is 1. The second-order valence-electron chi connectivity index (χ2n) is 5.49. The molecule has 1 aliphatic rings. The molecule has 0 spiro atoms. The van der Waals surface area contributed by atoms with Crippen molar-refractivity contribution in [1.29, 1.82) is 0 Å². The molecule has 3 N–H and O–H groups in total. The molecule has 0 unspecified atom stereocenters. The van der Waals surface area contributed by atoms with Gasteiger partial charge in [-0.25, -0.2) is 8.42 Å². The van der Waals surface area contributed by atoms with Crippen LogP contribution in [0.25, 0.3) is 0 Å². The summed E-state index contributed by atoms with van der Waals surface area (Å²) in [4.78, 5) is 12.5. The number of amides is 1. The van der Waals surface area contributed by atoms with Gasteiger partial charge in [0.15, 0.2) is 0 Å². The minimum Gasteiger partial charge on any atom is -0.368 e. The summed E-state index contributed by atoms with van der Waals surface area (Å²) in [6.45, 7) is 3.04. The predicted octanol–water partition coefficient (Wildman–Crippen LogP) is 1.58. The lowest BCUT2D eigenvalue weighted by molar-refractivity contribution is -0.140. The Kier molecular flexibility index (Phi) is 7.47. The van der Waals surface area contributed by atoms with E-state index in [0.717, 1.165) is 13.1 Å². The van der Waals surface area contributed by atoms with E-state index in [9.17, 15) is 13.2 Å². The molecule has 0 radical (unpaired) electrons. The van der Waals surface area contributed by atoms with Crippen LogP contribution >= 0.6 is 12.4 Å². The number of benzene rings is 1. The van der Waals surface area contributed by atoms with Crippen LogP contribution in [-0.4, -0.2) is 45.9 Å². The molecule has 0 bridgehead atoms. The van der Waals surface area contributed by atoms with Gasteiger partial charge in [0.05, 0.1) is 5.75 Å². The molecule has 7 nitrogen and oxygen atoms in total. The second-order valence-corrected chi connectivity index (χ2v) is 7.50. The van der Waals surface area contributed by atoms with Crippen LogP contribution in [0.3, 0.4) is 0 Å². The van der Waals surface area contributed by atoms with Gasteiger partial charge in [-0.2, -0.15) is 0 Å². The van der Waals surface area contributed by atoms with Crippen LogP contribution in [0.2, 0.25) is 0 Å². The fourth-order valence-corrected chi connectivity index (χ4v) is 3.11. The van der Waals surface area contributed by atoms with E-state index in [1.165, 1.54) is 0 Å². The fourth-order valence-electron chi connectivity index (χ4n) is 2.47. The highest BCUT2D eigenvalue weighted by Gasteiger charge is 2.39. The Balaban J connectivity index is 0.00000288. The van der Waals surface area contributed by atoms with Crippen LogP contribution in [0.15, 0.2) is 24.3 Å². The zero-order chi connectivity index (χ0) is 16.9. The summed E-state index contributed by atoms with van der Waals surface area (Å²) in [6.07, 6.45) is 1.23. The van der Waals surface area contributed by atoms with E-state index >= 15 is 0 Å². The van der Waals surface area contributed by atoms with Crippen LogP contribution in [0.4, 0.5) is 11.4 Å². The zero-order valence-electron chi connectivity index (χ0n) is 13.8. The Labute approximate surface area is 149 Å². The SMILES string of the molecule is CCS(=O)(=O)Nc1ccc(NC(=O)C2(OC)CCNCC2)cc1.Cl. The number of ether oxygens (including phenoxy) is 1. The first kappa shape index (κ1) is 20.7. The summed E-state index contributed by atoms with van der Waals surface area (Å²) in [7, 11) is -1.75. The first-order valence-electron chi connectivity index (χ1n) is 7.59. The molecule has 0 aliphatic carbocycles. The van der Waals surface area contributed by atoms with Crippen LogP contribution < -0.4 is 15.4 Å². The summed E-state index contributed by atoms with van der Waals surface area (Å²) in [5, 5.41) is 6.04. The molecule has 136 valence electrons. The average molecular weight is 378 g/mol. The van der Waals surface area contributed by atoms with E-state index in [2.05, 4.69) is 15.4 Å². The number of rotatable bonds is 6. The molecule has 0 saturated carbocycles. The molecule has 1 fully saturated rings. The van der Waals surface area contributed by atoms with Gasteiger partial charge in [-0.1, -0.05) is 0 Å². The number of nitrogens with one attached hydrogen (secondary N) is 3. The third-order valence-corrected chi connectivity index (χ3v) is 5.32. The van der Waals surface area contributed by atoms with Crippen LogP contribution in [0.5, 0.6) is 0 Å². The molecule has 24 heavy (non-hydrogen) atoms. The van der Waals surface area contributed by atoms with Gasteiger partial charge < -0.3 is 15.4 Å². The molecule has 9 heteroatoms. The zero-order valence-corrected chi connectivity index (χ0v) is 15.4. The Morgan fingerprint density at radius 2 is 1.75 bits per heavy atom. The van der Waals surface area contributed by atoms with E-state index in [1.54, 1.807) is 38.3 Å². The van der Waals surface area contributed by atoms with Crippen molar-refractivity contribution in [2.75, 3.05) is 36.0 Å². The standard InChI is InChI=1S/C15H23N3O4S.ClH/c1-3-23(20,21)18-13-6-4-12(5-7-13)17-14(19)15(22-2)8-10-16-11-9-15;/h4-7,16,18H,3,8-11H2,1-2H3,(H,17,19);1H. The van der Waals surface area contributed by atoms with Crippen molar-refractivity contribution in [1.82, 2.24) is 5.32 Å². The van der Waals surface area contributed by atoms with Crippen LogP contribution in [-0.2, 0) is 19.6 Å². The van der Waals surface area contributed by atoms with Crippen molar-refractivity contribution < 1.29 is 17.9 Å². The number of hydrogen-bond acceptors (Lipinski definition) is 5. The molecule has 1 aliphatic heterocycles. The van der Waals surface area contributed by atoms with Gasteiger partial charge in [0.25, 0.3) is 5.91 Å². The maximum absolute atomic E-state index is 12.5. The van der Waals surface area contributed by atoms with E-state index in [-0.39, 0.29) is 24.1 Å². The quantitative estimate of drug-likeness (QED) is 0.699. The Bertz CT molecular complexity index is 643. The Morgan fingerprint density at radius 3 is 2.25 bits per heavy atom. The normalized spacial score (nSPS) is 16.8. The highest BCUT2D eigenvalue weighted by Crippen LogP contribution is 2.25. The van der Waals surface area contributed by atoms with Gasteiger partial charge >= 0.3 is 0 Å². The molecular formula is C15H24ClN3O4S. The van der Waals surface area contributed by atoms with E-state index < -0.39 is 15.6 Å². The Morgan fingerprint density at radius 1 is 1.21 bits per heavy atom. The lowest BCUT2D eigenvalue weighted by Gasteiger charge is -2.34. The number of hydrogen-bond donors (Lipinski definition) is 3. The van der Waals surface area contributed by atoms with Gasteiger partial charge in [0, 0.05) is 18.5 Å². The lowest BCUT2D eigenvalue weighted by atomic mass is 9.91. The summed E-state index contributed by atoms with van der Waals surface area (Å²) in [5.74, 6) is -0.168. The number of anilines is 2. The van der Waals surface area contributed by atoms with Crippen LogP contribution in [0.1, 0.15) is 19.8 Å². The average Bonchev–Trinajstić information content (AvgIpc) is 2.57. The number of methoxy groups -OCH3 is 1. The second kappa shape index (κ2) is 8.66. The number of carbonyl (C=O) groups is 1. The van der Waals surface area contributed by atoms with Gasteiger partial charge in [-0.15, -0.1) is 12.4 Å². The van der Waals surface area contributed by atoms with E-state index in [0.29, 0.717) is 24.2 Å². The van der Waals surface area contributed by atoms with Crippen molar-refractivity contribution in [3.05, 3.63) is 24.3 Å². The number of carbonyl (C=O) groups excluding carboxylic acids is 1. The summed E-state index contributed by atoms with van der Waals surface area (Å²) < 4.78 is 31.0. The molecule has 0 aromatic heterocycles. The molecule has 1 amide bonds. The maximum Gasteiger partial charge on any atom is 0.256 e. The number of halogens is 1. The molecule has 1 saturated heterocycles. The largest absolute Gasteiger partial charge is 0.368 e. The highest BCUT2D eigenvalue weighted by molar-refractivity contribution is 7.92. The maximum atomic E-state index is 12.5. The molecule has 1 aromatic carbocycles. The first-order chi connectivity index (χ1) is 10.9. The fraction of sp³-hybridized carbons (Fsp3) is 0.533. The summed E-state index contributed by atoms with van der Waals surface area (Å²) in [5.41, 5.74) is 0.255. The smallest absolute Gasteiger partial charge is 0.256 e. The third kappa shape index (κ3) is 5.07. The van der Waals surface area contributed by atoms with E-state index in [4.69, 9.17) is 4.74 Å². The third-order valence-electron chi connectivity index (χ3n) is 4.01. The van der Waals surface area contributed by atoms with Crippen molar-refractivity contribution in [2.24, 2.45) is 0 Å². The molecule has 2 rings (SSSR count). The van der Waals surface area contributed by atoms with Gasteiger partial charge in [0.1, 0.15) is 5.60 Å². The summed E-state index contributed by atoms with van der Waals surface area (Å²) >= 11 is 0. The minimum atomic E-state index is -3.30. The minimum absolute atomic E-state index is 0.